The molecule has 0 saturated carbocycles. The van der Waals surface area contributed by atoms with Gasteiger partial charge in [0.15, 0.2) is 16.4 Å². The molecule has 1 N–H and O–H groups in total. The maximum atomic E-state index is 12.9. The summed E-state index contributed by atoms with van der Waals surface area (Å²) in [6.45, 7) is 2.02. The van der Waals surface area contributed by atoms with Crippen LogP contribution in [-0.2, 0) is 14.6 Å². The Labute approximate surface area is 147 Å². The number of hydrogen-bond donors (Lipinski definition) is 1. The lowest BCUT2D eigenvalue weighted by Crippen LogP contribution is -2.41. The van der Waals surface area contributed by atoms with E-state index in [0.717, 1.165) is 12.8 Å². The molecule has 1 fully saturated rings. The molecular weight excluding hydrogens is 346 g/mol. The molecule has 138 valence electrons. The van der Waals surface area contributed by atoms with Crippen LogP contribution in [0.5, 0.6) is 5.75 Å². The minimum atomic E-state index is -3.09. The first-order valence-corrected chi connectivity index (χ1v) is 10.1. The number of hydrogen-bond acceptors (Lipinski definition) is 5. The molecule has 2 rings (SSSR count). The highest BCUT2D eigenvalue weighted by Crippen LogP contribution is 2.22. The van der Waals surface area contributed by atoms with Gasteiger partial charge < -0.3 is 14.7 Å². The number of carboxylic acid groups (broad SMARTS) is 1. The molecule has 0 bridgehead atoms. The minimum Gasteiger partial charge on any atom is -0.482 e. The van der Waals surface area contributed by atoms with Gasteiger partial charge in [-0.1, -0.05) is 19.4 Å². The second kappa shape index (κ2) is 8.33. The van der Waals surface area contributed by atoms with Crippen molar-refractivity contribution >= 4 is 21.7 Å². The Bertz CT molecular complexity index is 730. The van der Waals surface area contributed by atoms with Crippen molar-refractivity contribution in [2.75, 3.05) is 24.7 Å². The first-order valence-electron chi connectivity index (χ1n) is 8.28. The fourth-order valence-corrected chi connectivity index (χ4v) is 4.56. The Hall–Kier alpha value is -2.09. The normalized spacial score (nSPS) is 18.7. The van der Waals surface area contributed by atoms with E-state index in [9.17, 15) is 18.0 Å². The van der Waals surface area contributed by atoms with Gasteiger partial charge >= 0.3 is 5.97 Å². The van der Waals surface area contributed by atoms with Crippen LogP contribution in [0.2, 0.25) is 0 Å². The highest BCUT2D eigenvalue weighted by atomic mass is 32.2. The lowest BCUT2D eigenvalue weighted by atomic mass is 10.1. The van der Waals surface area contributed by atoms with Crippen molar-refractivity contribution in [2.24, 2.45) is 0 Å². The van der Waals surface area contributed by atoms with Crippen molar-refractivity contribution in [1.82, 2.24) is 4.90 Å². The molecule has 7 nitrogen and oxygen atoms in total. The first kappa shape index (κ1) is 19.2. The maximum Gasteiger partial charge on any atom is 0.341 e. The van der Waals surface area contributed by atoms with Gasteiger partial charge in [0.2, 0.25) is 0 Å². The maximum absolute atomic E-state index is 12.9. The Morgan fingerprint density at radius 2 is 2.12 bits per heavy atom. The van der Waals surface area contributed by atoms with Crippen LogP contribution in [0, 0.1) is 0 Å². The topological polar surface area (TPSA) is 101 Å². The molecule has 1 amide bonds. The van der Waals surface area contributed by atoms with Gasteiger partial charge in [-0.25, -0.2) is 13.2 Å². The zero-order valence-corrected chi connectivity index (χ0v) is 15.0. The summed E-state index contributed by atoms with van der Waals surface area (Å²) in [6.07, 6.45) is 2.13. The molecule has 0 radical (unpaired) electrons. The highest BCUT2D eigenvalue weighted by Gasteiger charge is 2.34. The van der Waals surface area contributed by atoms with Crippen molar-refractivity contribution in [3.8, 4) is 5.75 Å². The van der Waals surface area contributed by atoms with Crippen LogP contribution in [0.4, 0.5) is 0 Å². The van der Waals surface area contributed by atoms with Gasteiger partial charge in [0.1, 0.15) is 5.75 Å². The Morgan fingerprint density at radius 1 is 1.36 bits per heavy atom. The predicted molar refractivity (Wildman–Crippen MR) is 92.6 cm³/mol. The summed E-state index contributed by atoms with van der Waals surface area (Å²) in [5.74, 6) is -0.955. The standard InChI is InChI=1S/C17H23NO6S/c1-2-3-8-18(14-7-9-25(22,23)12-14)17(21)13-5-4-6-15(10-13)24-11-16(19)20/h4-6,10,14H,2-3,7-9,11-12H2,1H3,(H,19,20). The molecule has 1 aromatic carbocycles. The van der Waals surface area contributed by atoms with E-state index in [1.807, 2.05) is 6.92 Å². The van der Waals surface area contributed by atoms with Crippen molar-refractivity contribution in [3.63, 3.8) is 0 Å². The summed E-state index contributed by atoms with van der Waals surface area (Å²) in [4.78, 5) is 25.1. The van der Waals surface area contributed by atoms with E-state index in [1.165, 1.54) is 6.07 Å². The van der Waals surface area contributed by atoms with Crippen LogP contribution in [0.3, 0.4) is 0 Å². The van der Waals surface area contributed by atoms with Crippen molar-refractivity contribution in [2.45, 2.75) is 32.2 Å². The van der Waals surface area contributed by atoms with E-state index in [4.69, 9.17) is 9.84 Å². The van der Waals surface area contributed by atoms with E-state index in [2.05, 4.69) is 0 Å². The van der Waals surface area contributed by atoms with Gasteiger partial charge in [-0.05, 0) is 31.0 Å². The molecule has 0 aromatic heterocycles. The average molecular weight is 369 g/mol. The molecule has 25 heavy (non-hydrogen) atoms. The molecule has 1 saturated heterocycles. The van der Waals surface area contributed by atoms with Crippen LogP contribution in [0.25, 0.3) is 0 Å². The number of benzene rings is 1. The van der Waals surface area contributed by atoms with Crippen molar-refractivity contribution in [3.05, 3.63) is 29.8 Å². The number of nitrogens with zero attached hydrogens (tertiary/aromatic N) is 1. The number of carbonyl (C=O) groups is 2. The number of carbonyl (C=O) groups excluding carboxylic acids is 1. The largest absolute Gasteiger partial charge is 0.482 e. The van der Waals surface area contributed by atoms with Crippen LogP contribution in [-0.4, -0.2) is 61.0 Å². The summed E-state index contributed by atoms with van der Waals surface area (Å²) in [6, 6.07) is 6.00. The van der Waals surface area contributed by atoms with Crippen LogP contribution >= 0.6 is 0 Å². The average Bonchev–Trinajstić information content (AvgIpc) is 2.93. The SMILES string of the molecule is CCCCN(C(=O)c1cccc(OCC(=O)O)c1)C1CCS(=O)(=O)C1. The number of unbranched alkanes of at least 4 members (excludes halogenated alkanes) is 1. The second-order valence-corrected chi connectivity index (χ2v) is 8.35. The third-order valence-corrected chi connectivity index (χ3v) is 5.86. The first-order chi connectivity index (χ1) is 11.8. The fourth-order valence-electron chi connectivity index (χ4n) is 2.83. The van der Waals surface area contributed by atoms with Crippen LogP contribution in [0.15, 0.2) is 24.3 Å². The van der Waals surface area contributed by atoms with E-state index in [0.29, 0.717) is 24.3 Å². The molecule has 1 aliphatic rings. The molecule has 0 spiro atoms. The van der Waals surface area contributed by atoms with Crippen LogP contribution in [0.1, 0.15) is 36.5 Å². The monoisotopic (exact) mass is 369 g/mol. The van der Waals surface area contributed by atoms with Crippen LogP contribution < -0.4 is 4.74 Å². The molecule has 1 unspecified atom stereocenters. The zero-order valence-electron chi connectivity index (χ0n) is 14.2. The Morgan fingerprint density at radius 3 is 2.72 bits per heavy atom. The third kappa shape index (κ3) is 5.45. The molecule has 8 heteroatoms. The van der Waals surface area contributed by atoms with Gasteiger partial charge in [-0.2, -0.15) is 0 Å². The Balaban J connectivity index is 2.18. The Kier molecular flexibility index (Phi) is 6.41. The summed E-state index contributed by atoms with van der Waals surface area (Å²) in [5.41, 5.74) is 0.364. The molecule has 1 atom stereocenters. The van der Waals surface area contributed by atoms with E-state index >= 15 is 0 Å². The van der Waals surface area contributed by atoms with E-state index in [-0.39, 0.29) is 23.5 Å². The predicted octanol–water partition coefficient (Wildman–Crippen LogP) is 1.58. The van der Waals surface area contributed by atoms with E-state index < -0.39 is 22.4 Å². The summed E-state index contributed by atoms with van der Waals surface area (Å²) < 4.78 is 28.6. The zero-order chi connectivity index (χ0) is 18.4. The number of amides is 1. The van der Waals surface area contributed by atoms with Gasteiger partial charge in [0, 0.05) is 18.2 Å². The molecule has 1 aromatic rings. The minimum absolute atomic E-state index is 0.00232. The molecule has 1 aliphatic heterocycles. The number of ether oxygens (including phenoxy) is 1. The third-order valence-electron chi connectivity index (χ3n) is 4.11. The quantitative estimate of drug-likeness (QED) is 0.747. The summed E-state index contributed by atoms with van der Waals surface area (Å²) >= 11 is 0. The van der Waals surface area contributed by atoms with Crippen molar-refractivity contribution < 1.29 is 27.9 Å². The fraction of sp³-hybridized carbons (Fsp3) is 0.529. The highest BCUT2D eigenvalue weighted by molar-refractivity contribution is 7.91. The van der Waals surface area contributed by atoms with Gasteiger partial charge in [-0.3, -0.25) is 4.79 Å². The summed E-state index contributed by atoms with van der Waals surface area (Å²) in [7, 11) is -3.09. The number of rotatable bonds is 8. The lowest BCUT2D eigenvalue weighted by Gasteiger charge is -2.28. The van der Waals surface area contributed by atoms with Gasteiger partial charge in [0.25, 0.3) is 5.91 Å². The summed E-state index contributed by atoms with van der Waals surface area (Å²) in [5, 5.41) is 8.67. The smallest absolute Gasteiger partial charge is 0.341 e. The lowest BCUT2D eigenvalue weighted by molar-refractivity contribution is -0.139. The number of carboxylic acids is 1. The van der Waals surface area contributed by atoms with Gasteiger partial charge in [0.05, 0.1) is 11.5 Å². The second-order valence-electron chi connectivity index (χ2n) is 6.12. The molecular formula is C17H23NO6S. The molecule has 1 heterocycles. The van der Waals surface area contributed by atoms with E-state index in [1.54, 1.807) is 23.1 Å². The van der Waals surface area contributed by atoms with Crippen molar-refractivity contribution in [1.29, 1.82) is 0 Å². The van der Waals surface area contributed by atoms with Gasteiger partial charge in [-0.15, -0.1) is 0 Å². The number of sulfone groups is 1. The number of aliphatic carboxylic acids is 1. The molecule has 0 aliphatic carbocycles.